The lowest BCUT2D eigenvalue weighted by Crippen LogP contribution is -2.49. The molecule has 3 fully saturated rings. The van der Waals surface area contributed by atoms with E-state index in [4.69, 9.17) is 4.74 Å². The number of nitrogens with one attached hydrogen (secondary N) is 1. The maximum atomic E-state index is 5.70. The first-order chi connectivity index (χ1) is 9.83. The molecule has 4 unspecified atom stereocenters. The Morgan fingerprint density at radius 2 is 1.60 bits per heavy atom. The van der Waals surface area contributed by atoms with Gasteiger partial charge in [0.2, 0.25) is 0 Å². The minimum absolute atomic E-state index is 0.456. The molecule has 4 atom stereocenters. The third kappa shape index (κ3) is 3.76. The summed E-state index contributed by atoms with van der Waals surface area (Å²) in [5.41, 5.74) is 0. The molecular weight excluding hydrogens is 246 g/mol. The van der Waals surface area contributed by atoms with Crippen molar-refractivity contribution in [3.63, 3.8) is 0 Å². The fourth-order valence-electron chi connectivity index (χ4n) is 4.95. The van der Waals surface area contributed by atoms with E-state index >= 15 is 0 Å². The molecule has 1 aliphatic heterocycles. The second kappa shape index (κ2) is 7.26. The van der Waals surface area contributed by atoms with Crippen LogP contribution in [0.4, 0.5) is 0 Å². The number of hydrogen-bond donors (Lipinski definition) is 1. The summed E-state index contributed by atoms with van der Waals surface area (Å²) in [7, 11) is 0. The fourth-order valence-corrected chi connectivity index (χ4v) is 4.95. The molecule has 3 aliphatic rings. The Balaban J connectivity index is 1.56. The number of rotatable bonds is 3. The van der Waals surface area contributed by atoms with Gasteiger partial charge in [0.15, 0.2) is 0 Å². The predicted octanol–water partition coefficient (Wildman–Crippen LogP) is 4.28. The molecule has 2 aliphatic carbocycles. The van der Waals surface area contributed by atoms with Gasteiger partial charge in [-0.3, -0.25) is 0 Å². The highest BCUT2D eigenvalue weighted by molar-refractivity contribution is 4.89. The Kier molecular flexibility index (Phi) is 5.39. The molecule has 1 heterocycles. The van der Waals surface area contributed by atoms with Gasteiger partial charge in [0.1, 0.15) is 0 Å². The Bertz CT molecular complexity index is 287. The van der Waals surface area contributed by atoms with E-state index in [2.05, 4.69) is 12.2 Å². The van der Waals surface area contributed by atoms with Crippen molar-refractivity contribution >= 4 is 0 Å². The van der Waals surface area contributed by atoms with Gasteiger partial charge in [-0.15, -0.1) is 0 Å². The van der Waals surface area contributed by atoms with Crippen molar-refractivity contribution in [1.82, 2.24) is 5.32 Å². The molecule has 0 aromatic rings. The minimum atomic E-state index is 0.456. The lowest BCUT2D eigenvalue weighted by molar-refractivity contribution is 0.00617. The van der Waals surface area contributed by atoms with Crippen molar-refractivity contribution < 1.29 is 4.74 Å². The lowest BCUT2D eigenvalue weighted by atomic mass is 9.70. The van der Waals surface area contributed by atoms with Gasteiger partial charge in [-0.2, -0.15) is 0 Å². The number of ether oxygens (including phenoxy) is 1. The van der Waals surface area contributed by atoms with E-state index in [9.17, 15) is 0 Å². The SMILES string of the molecule is CC1CC(NC2CCCCC2C2CCCCC2)CCO1. The molecule has 0 amide bonds. The summed E-state index contributed by atoms with van der Waals surface area (Å²) in [6, 6.07) is 1.52. The van der Waals surface area contributed by atoms with Gasteiger partial charge in [-0.05, 0) is 44.4 Å². The average molecular weight is 279 g/mol. The highest BCUT2D eigenvalue weighted by Crippen LogP contribution is 2.38. The van der Waals surface area contributed by atoms with Crippen LogP contribution in [0.1, 0.15) is 77.6 Å². The maximum absolute atomic E-state index is 5.70. The molecule has 0 radical (unpaired) electrons. The zero-order valence-corrected chi connectivity index (χ0v) is 13.3. The standard InChI is InChI=1S/C18H33NO/c1-14-13-16(11-12-20-14)19-18-10-6-5-9-17(18)15-7-3-2-4-8-15/h14-19H,2-13H2,1H3. The summed E-state index contributed by atoms with van der Waals surface area (Å²) < 4.78 is 5.70. The molecule has 0 bridgehead atoms. The van der Waals surface area contributed by atoms with Gasteiger partial charge in [-0.25, -0.2) is 0 Å². The second-order valence-electron chi connectivity index (χ2n) is 7.52. The summed E-state index contributed by atoms with van der Waals surface area (Å²) in [5, 5.41) is 4.06. The van der Waals surface area contributed by atoms with E-state index in [1.165, 1.54) is 70.6 Å². The summed E-state index contributed by atoms with van der Waals surface area (Å²) in [5.74, 6) is 2.00. The second-order valence-corrected chi connectivity index (χ2v) is 7.52. The summed E-state index contributed by atoms with van der Waals surface area (Å²) >= 11 is 0. The largest absolute Gasteiger partial charge is 0.378 e. The molecule has 0 aromatic carbocycles. The Morgan fingerprint density at radius 3 is 2.40 bits per heavy atom. The Hall–Kier alpha value is -0.0800. The minimum Gasteiger partial charge on any atom is -0.378 e. The smallest absolute Gasteiger partial charge is 0.0561 e. The van der Waals surface area contributed by atoms with Crippen LogP contribution in [0.2, 0.25) is 0 Å². The molecule has 1 saturated heterocycles. The topological polar surface area (TPSA) is 21.3 Å². The van der Waals surface area contributed by atoms with E-state index in [1.807, 2.05) is 0 Å². The highest BCUT2D eigenvalue weighted by atomic mass is 16.5. The van der Waals surface area contributed by atoms with E-state index in [0.29, 0.717) is 12.1 Å². The normalized spacial score (nSPS) is 40.6. The molecule has 2 saturated carbocycles. The van der Waals surface area contributed by atoms with Crippen LogP contribution in [0.25, 0.3) is 0 Å². The summed E-state index contributed by atoms with van der Waals surface area (Å²) in [6.07, 6.45) is 16.2. The molecule has 116 valence electrons. The Morgan fingerprint density at radius 1 is 0.850 bits per heavy atom. The van der Waals surface area contributed by atoms with Gasteiger partial charge in [0.05, 0.1) is 6.10 Å². The molecule has 2 heteroatoms. The molecule has 0 spiro atoms. The van der Waals surface area contributed by atoms with Crippen molar-refractivity contribution in [2.45, 2.75) is 95.7 Å². The van der Waals surface area contributed by atoms with E-state index in [1.54, 1.807) is 0 Å². The third-order valence-corrected chi connectivity index (χ3v) is 6.01. The van der Waals surface area contributed by atoms with Crippen LogP contribution in [0.3, 0.4) is 0 Å². The molecule has 0 aromatic heterocycles. The number of hydrogen-bond acceptors (Lipinski definition) is 2. The van der Waals surface area contributed by atoms with Crippen molar-refractivity contribution in [2.75, 3.05) is 6.61 Å². The maximum Gasteiger partial charge on any atom is 0.0561 e. The fraction of sp³-hybridized carbons (Fsp3) is 1.00. The van der Waals surface area contributed by atoms with Crippen LogP contribution in [0, 0.1) is 11.8 Å². The first kappa shape index (κ1) is 14.8. The zero-order valence-electron chi connectivity index (χ0n) is 13.3. The lowest BCUT2D eigenvalue weighted by Gasteiger charge is -2.42. The van der Waals surface area contributed by atoms with Crippen molar-refractivity contribution in [3.8, 4) is 0 Å². The van der Waals surface area contributed by atoms with E-state index in [-0.39, 0.29) is 0 Å². The van der Waals surface area contributed by atoms with Crippen LogP contribution in [0.5, 0.6) is 0 Å². The van der Waals surface area contributed by atoms with Crippen LogP contribution in [-0.2, 0) is 4.74 Å². The van der Waals surface area contributed by atoms with Gasteiger partial charge in [0, 0.05) is 18.7 Å². The van der Waals surface area contributed by atoms with Crippen molar-refractivity contribution in [2.24, 2.45) is 11.8 Å². The van der Waals surface area contributed by atoms with Gasteiger partial charge < -0.3 is 10.1 Å². The average Bonchev–Trinajstić information content (AvgIpc) is 2.49. The third-order valence-electron chi connectivity index (χ3n) is 6.01. The molecule has 1 N–H and O–H groups in total. The van der Waals surface area contributed by atoms with Gasteiger partial charge in [0.25, 0.3) is 0 Å². The van der Waals surface area contributed by atoms with Crippen LogP contribution >= 0.6 is 0 Å². The monoisotopic (exact) mass is 279 g/mol. The summed E-state index contributed by atoms with van der Waals surface area (Å²) in [4.78, 5) is 0. The summed E-state index contributed by atoms with van der Waals surface area (Å²) in [6.45, 7) is 3.19. The molecule has 3 rings (SSSR count). The van der Waals surface area contributed by atoms with Crippen LogP contribution < -0.4 is 5.32 Å². The van der Waals surface area contributed by atoms with Crippen LogP contribution in [-0.4, -0.2) is 24.8 Å². The van der Waals surface area contributed by atoms with Crippen molar-refractivity contribution in [1.29, 1.82) is 0 Å². The highest BCUT2D eigenvalue weighted by Gasteiger charge is 2.34. The zero-order chi connectivity index (χ0) is 13.8. The Labute approximate surface area is 125 Å². The van der Waals surface area contributed by atoms with Crippen molar-refractivity contribution in [3.05, 3.63) is 0 Å². The van der Waals surface area contributed by atoms with Gasteiger partial charge in [-0.1, -0.05) is 44.9 Å². The first-order valence-electron chi connectivity index (χ1n) is 9.20. The quantitative estimate of drug-likeness (QED) is 0.832. The van der Waals surface area contributed by atoms with E-state index in [0.717, 1.165) is 24.5 Å². The first-order valence-corrected chi connectivity index (χ1v) is 9.20. The van der Waals surface area contributed by atoms with Crippen LogP contribution in [0.15, 0.2) is 0 Å². The molecule has 2 nitrogen and oxygen atoms in total. The predicted molar refractivity (Wildman–Crippen MR) is 83.9 cm³/mol. The van der Waals surface area contributed by atoms with E-state index < -0.39 is 0 Å². The molecular formula is C18H33NO. The molecule has 20 heavy (non-hydrogen) atoms. The van der Waals surface area contributed by atoms with Gasteiger partial charge >= 0.3 is 0 Å².